The molecule has 0 spiro atoms. The van der Waals surface area contributed by atoms with E-state index in [-0.39, 0.29) is 41.8 Å². The lowest BCUT2D eigenvalue weighted by molar-refractivity contribution is -0.207. The van der Waals surface area contributed by atoms with Gasteiger partial charge in [-0.25, -0.2) is 0 Å². The van der Waals surface area contributed by atoms with Crippen molar-refractivity contribution in [2.24, 2.45) is 46.3 Å². The van der Waals surface area contributed by atoms with Crippen molar-refractivity contribution in [2.45, 2.75) is 110 Å². The van der Waals surface area contributed by atoms with Crippen molar-refractivity contribution in [3.63, 3.8) is 0 Å². The molecule has 0 amide bonds. The first-order valence-corrected chi connectivity index (χ1v) is 13.9. The minimum absolute atomic E-state index is 0.0830. The highest BCUT2D eigenvalue weighted by atomic mass is 16.5. The number of esters is 1. The fourth-order valence-corrected chi connectivity index (χ4v) is 9.21. The Morgan fingerprint density at radius 1 is 1.00 bits per heavy atom. The van der Waals surface area contributed by atoms with E-state index in [0.29, 0.717) is 36.2 Å². The first-order chi connectivity index (χ1) is 16.5. The summed E-state index contributed by atoms with van der Waals surface area (Å²) in [5.74, 6) is 0.408. The van der Waals surface area contributed by atoms with Crippen LogP contribution in [0.25, 0.3) is 0 Å². The third kappa shape index (κ3) is 4.89. The molecule has 0 saturated heterocycles. The molecule has 4 aliphatic rings. The highest BCUT2D eigenvalue weighted by Gasteiger charge is 2.65. The van der Waals surface area contributed by atoms with Crippen molar-refractivity contribution in [1.82, 2.24) is 0 Å². The molecule has 0 aromatic rings. The Kier molecular flexibility index (Phi) is 7.90. The van der Waals surface area contributed by atoms with Gasteiger partial charge >= 0.3 is 11.9 Å². The van der Waals surface area contributed by atoms with Gasteiger partial charge in [0, 0.05) is 0 Å². The van der Waals surface area contributed by atoms with E-state index >= 15 is 0 Å². The zero-order valence-electron chi connectivity index (χ0n) is 21.7. The summed E-state index contributed by atoms with van der Waals surface area (Å²) in [5.41, 5.74) is -0.142. The molecule has 0 aromatic heterocycles. The predicted molar refractivity (Wildman–Crippen MR) is 130 cm³/mol. The molecule has 7 nitrogen and oxygen atoms in total. The summed E-state index contributed by atoms with van der Waals surface area (Å²) in [7, 11) is 0. The molecule has 11 atom stereocenters. The van der Waals surface area contributed by atoms with Gasteiger partial charge in [-0.1, -0.05) is 20.8 Å². The molecule has 35 heavy (non-hydrogen) atoms. The summed E-state index contributed by atoms with van der Waals surface area (Å²) >= 11 is 0. The predicted octanol–water partition coefficient (Wildman–Crippen LogP) is 3.77. The van der Waals surface area contributed by atoms with Gasteiger partial charge in [0.25, 0.3) is 0 Å². The molecule has 4 aliphatic carbocycles. The maximum atomic E-state index is 11.7. The van der Waals surface area contributed by atoms with Crippen LogP contribution >= 0.6 is 0 Å². The summed E-state index contributed by atoms with van der Waals surface area (Å²) in [6.45, 7) is 7.15. The topological polar surface area (TPSA) is 124 Å². The molecule has 0 heterocycles. The Hall–Kier alpha value is -1.18. The van der Waals surface area contributed by atoms with E-state index in [2.05, 4.69) is 20.8 Å². The van der Waals surface area contributed by atoms with Gasteiger partial charge in [0.05, 0.1) is 37.8 Å². The van der Waals surface area contributed by atoms with Crippen LogP contribution in [-0.4, -0.2) is 57.3 Å². The van der Waals surface area contributed by atoms with E-state index in [1.807, 2.05) is 0 Å². The summed E-state index contributed by atoms with van der Waals surface area (Å²) in [4.78, 5) is 22.3. The number of carboxylic acid groups (broad SMARTS) is 1. The molecule has 0 aliphatic heterocycles. The number of aliphatic hydroxyl groups is 3. The van der Waals surface area contributed by atoms with E-state index in [0.717, 1.165) is 57.8 Å². The smallest absolute Gasteiger partial charge is 0.306 e. The van der Waals surface area contributed by atoms with Gasteiger partial charge in [-0.2, -0.15) is 0 Å². The number of hydrogen-bond acceptors (Lipinski definition) is 6. The number of fused-ring (bicyclic) bond motifs is 5. The van der Waals surface area contributed by atoms with Crippen LogP contribution in [0.1, 0.15) is 91.4 Å². The fraction of sp³-hybridized carbons (Fsp3) is 0.929. The lowest BCUT2D eigenvalue weighted by Crippen LogP contribution is -2.62. The van der Waals surface area contributed by atoms with E-state index in [1.54, 1.807) is 0 Å². The Bertz CT molecular complexity index is 785. The molecule has 0 bridgehead atoms. The Labute approximate surface area is 209 Å². The van der Waals surface area contributed by atoms with Crippen molar-refractivity contribution in [3.05, 3.63) is 0 Å². The lowest BCUT2D eigenvalue weighted by Gasteiger charge is -2.63. The molecule has 0 aromatic carbocycles. The van der Waals surface area contributed by atoms with E-state index in [9.17, 15) is 24.9 Å². The molecule has 11 unspecified atom stereocenters. The van der Waals surface area contributed by atoms with Gasteiger partial charge in [-0.05, 0) is 104 Å². The van der Waals surface area contributed by atoms with Crippen molar-refractivity contribution >= 4 is 11.9 Å². The van der Waals surface area contributed by atoms with Gasteiger partial charge in [-0.3, -0.25) is 9.59 Å². The van der Waals surface area contributed by atoms with Crippen LogP contribution in [0.4, 0.5) is 0 Å². The van der Waals surface area contributed by atoms with Crippen LogP contribution in [0.2, 0.25) is 0 Å². The van der Waals surface area contributed by atoms with Crippen molar-refractivity contribution in [2.75, 3.05) is 6.61 Å². The second-order valence-electron chi connectivity index (χ2n) is 12.8. The van der Waals surface area contributed by atoms with Gasteiger partial charge in [0.2, 0.25) is 0 Å². The Balaban J connectivity index is 1.39. The number of hydrogen-bond donors (Lipinski definition) is 4. The lowest BCUT2D eigenvalue weighted by atomic mass is 9.43. The van der Waals surface area contributed by atoms with E-state index in [4.69, 9.17) is 9.84 Å². The van der Waals surface area contributed by atoms with Crippen LogP contribution in [0.5, 0.6) is 0 Å². The van der Waals surface area contributed by atoms with Crippen molar-refractivity contribution < 1.29 is 34.8 Å². The molecule has 4 saturated carbocycles. The number of aliphatic hydroxyl groups excluding tert-OH is 3. The van der Waals surface area contributed by atoms with E-state index < -0.39 is 18.0 Å². The average molecular weight is 495 g/mol. The first-order valence-electron chi connectivity index (χ1n) is 13.9. The average Bonchev–Trinajstić information content (AvgIpc) is 3.15. The van der Waals surface area contributed by atoms with Gasteiger partial charge < -0.3 is 25.2 Å². The van der Waals surface area contributed by atoms with E-state index in [1.165, 1.54) is 0 Å². The Morgan fingerprint density at radius 2 is 1.74 bits per heavy atom. The normalized spacial score (nSPS) is 45.7. The van der Waals surface area contributed by atoms with Crippen molar-refractivity contribution in [1.29, 1.82) is 0 Å². The zero-order chi connectivity index (χ0) is 25.5. The molecule has 4 rings (SSSR count). The number of carboxylic acids is 1. The van der Waals surface area contributed by atoms with Crippen molar-refractivity contribution in [3.8, 4) is 0 Å². The maximum Gasteiger partial charge on any atom is 0.306 e. The number of carbonyl (C=O) groups is 2. The SMILES string of the molecule is CC(CCCOC(=O)CCC(=O)O)C1CCC2C3C(O)CC4CC(O)CCC4(C)C3CC(O)C12C. The molecular formula is C28H46O7. The summed E-state index contributed by atoms with van der Waals surface area (Å²) in [6, 6.07) is 0. The zero-order valence-corrected chi connectivity index (χ0v) is 21.7. The molecule has 4 N–H and O–H groups in total. The minimum atomic E-state index is -0.999. The third-order valence-electron chi connectivity index (χ3n) is 11.1. The first kappa shape index (κ1) is 26.9. The standard InChI is InChI=1S/C28H46O7/c1-16(5-4-12-35-25(34)9-8-24(32)33)19-6-7-20-26-21(15-23(31)28(19,20)3)27(2)11-10-18(29)13-17(27)14-22(26)30/h16-23,26,29-31H,4-15H2,1-3H3,(H,32,33). The number of aliphatic carboxylic acids is 1. The fourth-order valence-electron chi connectivity index (χ4n) is 9.21. The van der Waals surface area contributed by atoms with Crippen LogP contribution in [-0.2, 0) is 14.3 Å². The number of ether oxygens (including phenoxy) is 1. The second kappa shape index (κ2) is 10.3. The van der Waals surface area contributed by atoms with Crippen LogP contribution < -0.4 is 0 Å². The second-order valence-corrected chi connectivity index (χ2v) is 12.8. The Morgan fingerprint density at radius 3 is 2.46 bits per heavy atom. The molecule has 4 fully saturated rings. The minimum Gasteiger partial charge on any atom is -0.481 e. The van der Waals surface area contributed by atoms with Gasteiger partial charge in [-0.15, -0.1) is 0 Å². The van der Waals surface area contributed by atoms with Gasteiger partial charge in [0.1, 0.15) is 0 Å². The monoisotopic (exact) mass is 494 g/mol. The molecular weight excluding hydrogens is 448 g/mol. The quantitative estimate of drug-likeness (QED) is 0.299. The molecule has 200 valence electrons. The van der Waals surface area contributed by atoms with Crippen LogP contribution in [0.3, 0.4) is 0 Å². The molecule has 0 radical (unpaired) electrons. The third-order valence-corrected chi connectivity index (χ3v) is 11.1. The molecule has 7 heteroatoms. The highest BCUT2D eigenvalue weighted by molar-refractivity contribution is 5.76. The summed E-state index contributed by atoms with van der Waals surface area (Å²) in [5, 5.41) is 42.0. The number of carbonyl (C=O) groups excluding carboxylic acids is 1. The van der Waals surface area contributed by atoms with Gasteiger partial charge in [0.15, 0.2) is 0 Å². The maximum absolute atomic E-state index is 11.7. The summed E-state index contributed by atoms with van der Waals surface area (Å²) in [6.07, 6.45) is 6.47. The largest absolute Gasteiger partial charge is 0.481 e. The summed E-state index contributed by atoms with van der Waals surface area (Å²) < 4.78 is 5.21. The number of rotatable bonds is 8. The highest BCUT2D eigenvalue weighted by Crippen LogP contribution is 2.68. The van der Waals surface area contributed by atoms with Crippen LogP contribution in [0.15, 0.2) is 0 Å². The van der Waals surface area contributed by atoms with Crippen LogP contribution in [0, 0.1) is 46.3 Å².